The molecule has 3 aromatic rings. The summed E-state index contributed by atoms with van der Waals surface area (Å²) in [4.78, 5) is 16.6. The van der Waals surface area contributed by atoms with E-state index in [9.17, 15) is 18.0 Å². The fourth-order valence-corrected chi connectivity index (χ4v) is 3.99. The standard InChI is InChI=1S/C19H17BrF3N3O3/c20-13-2-1-3-14-12(13)9-15(26(14)10-19(21,22)23)17-24-18(29-25-17)16(27)8-11-4-6-28-7-5-11/h1-3,9,11H,4-8,10H2. The van der Waals surface area contributed by atoms with Gasteiger partial charge in [-0.3, -0.25) is 4.79 Å². The fraction of sp³-hybridized carbons (Fsp3) is 0.421. The smallest absolute Gasteiger partial charge is 0.381 e. The number of rotatable bonds is 5. The van der Waals surface area contributed by atoms with Crippen LogP contribution in [0.2, 0.25) is 0 Å². The van der Waals surface area contributed by atoms with Crippen LogP contribution in [0, 0.1) is 5.92 Å². The van der Waals surface area contributed by atoms with E-state index in [4.69, 9.17) is 9.26 Å². The summed E-state index contributed by atoms with van der Waals surface area (Å²) in [5.41, 5.74) is 0.518. The number of aromatic nitrogens is 3. The summed E-state index contributed by atoms with van der Waals surface area (Å²) >= 11 is 3.36. The lowest BCUT2D eigenvalue weighted by Gasteiger charge is -2.20. The Balaban J connectivity index is 1.67. The molecule has 1 fully saturated rings. The molecule has 1 aromatic carbocycles. The third-order valence-corrected chi connectivity index (χ3v) is 5.63. The van der Waals surface area contributed by atoms with Crippen LogP contribution in [0.4, 0.5) is 13.2 Å². The normalized spacial score (nSPS) is 15.9. The topological polar surface area (TPSA) is 70.2 Å². The van der Waals surface area contributed by atoms with Crippen molar-refractivity contribution in [1.82, 2.24) is 14.7 Å². The van der Waals surface area contributed by atoms with Crippen LogP contribution < -0.4 is 0 Å². The van der Waals surface area contributed by atoms with E-state index in [2.05, 4.69) is 26.1 Å². The van der Waals surface area contributed by atoms with Gasteiger partial charge in [0, 0.05) is 29.5 Å². The predicted molar refractivity (Wildman–Crippen MR) is 101 cm³/mol. The lowest BCUT2D eigenvalue weighted by molar-refractivity contribution is -0.139. The van der Waals surface area contributed by atoms with Crippen molar-refractivity contribution in [1.29, 1.82) is 0 Å². The number of alkyl halides is 3. The number of nitrogens with zero attached hydrogens (tertiary/aromatic N) is 3. The Labute approximate surface area is 172 Å². The van der Waals surface area contributed by atoms with E-state index in [1.165, 1.54) is 0 Å². The number of ether oxygens (including phenoxy) is 1. The summed E-state index contributed by atoms with van der Waals surface area (Å²) in [5.74, 6) is -0.364. The SMILES string of the molecule is O=C(CC1CCOCC1)c1nc(-c2cc3c(Br)cccc3n2CC(F)(F)F)no1. The molecule has 154 valence electrons. The van der Waals surface area contributed by atoms with E-state index in [1.54, 1.807) is 24.3 Å². The maximum Gasteiger partial charge on any atom is 0.406 e. The molecule has 4 rings (SSSR count). The van der Waals surface area contributed by atoms with Gasteiger partial charge in [-0.25, -0.2) is 0 Å². The van der Waals surface area contributed by atoms with Crippen LogP contribution in [0.15, 0.2) is 33.3 Å². The molecule has 0 aliphatic carbocycles. The Morgan fingerprint density at radius 3 is 2.76 bits per heavy atom. The van der Waals surface area contributed by atoms with Crippen LogP contribution in [-0.4, -0.2) is 39.9 Å². The zero-order chi connectivity index (χ0) is 20.6. The predicted octanol–water partition coefficient (Wildman–Crippen LogP) is 5.02. The summed E-state index contributed by atoms with van der Waals surface area (Å²) in [6.45, 7) is 0.0150. The van der Waals surface area contributed by atoms with Crippen molar-refractivity contribution >= 4 is 32.6 Å². The van der Waals surface area contributed by atoms with E-state index in [0.29, 0.717) is 28.6 Å². The van der Waals surface area contributed by atoms with Crippen molar-refractivity contribution in [3.05, 3.63) is 34.6 Å². The molecule has 0 amide bonds. The Morgan fingerprint density at radius 2 is 2.03 bits per heavy atom. The first kappa shape index (κ1) is 20.1. The molecule has 0 spiro atoms. The first-order chi connectivity index (χ1) is 13.8. The number of hydrogen-bond donors (Lipinski definition) is 0. The molecule has 10 heteroatoms. The minimum absolute atomic E-state index is 0.0484. The van der Waals surface area contributed by atoms with Crippen LogP contribution in [0.25, 0.3) is 22.4 Å². The second-order valence-corrected chi connectivity index (χ2v) is 7.86. The average Bonchev–Trinajstić information content (AvgIpc) is 3.28. The molecule has 6 nitrogen and oxygen atoms in total. The Morgan fingerprint density at radius 1 is 1.28 bits per heavy atom. The highest BCUT2D eigenvalue weighted by Gasteiger charge is 2.31. The third kappa shape index (κ3) is 4.37. The summed E-state index contributed by atoms with van der Waals surface area (Å²) in [7, 11) is 0. The van der Waals surface area contributed by atoms with Gasteiger partial charge in [0.15, 0.2) is 0 Å². The molecule has 0 unspecified atom stereocenters. The Kier molecular flexibility index (Phi) is 5.48. The molecule has 3 heterocycles. The molecule has 29 heavy (non-hydrogen) atoms. The van der Waals surface area contributed by atoms with Crippen molar-refractivity contribution < 1.29 is 27.2 Å². The van der Waals surface area contributed by atoms with Crippen LogP contribution in [0.5, 0.6) is 0 Å². The first-order valence-corrected chi connectivity index (χ1v) is 9.90. The van der Waals surface area contributed by atoms with Gasteiger partial charge < -0.3 is 13.8 Å². The minimum Gasteiger partial charge on any atom is -0.381 e. The number of benzene rings is 1. The lowest BCUT2D eigenvalue weighted by atomic mass is 9.94. The highest BCUT2D eigenvalue weighted by Crippen LogP contribution is 2.34. The molecule has 1 aliphatic heterocycles. The molecule has 2 aromatic heterocycles. The maximum atomic E-state index is 13.2. The van der Waals surface area contributed by atoms with E-state index >= 15 is 0 Å². The number of hydrogen-bond acceptors (Lipinski definition) is 5. The number of carbonyl (C=O) groups is 1. The van der Waals surface area contributed by atoms with Gasteiger partial charge in [-0.1, -0.05) is 27.2 Å². The zero-order valence-corrected chi connectivity index (χ0v) is 16.8. The van der Waals surface area contributed by atoms with E-state index < -0.39 is 12.7 Å². The number of halogens is 4. The van der Waals surface area contributed by atoms with Crippen LogP contribution >= 0.6 is 15.9 Å². The van der Waals surface area contributed by atoms with Crippen LogP contribution in [0.3, 0.4) is 0 Å². The first-order valence-electron chi connectivity index (χ1n) is 9.11. The van der Waals surface area contributed by atoms with E-state index in [-0.39, 0.29) is 35.5 Å². The van der Waals surface area contributed by atoms with Crippen molar-refractivity contribution in [3.8, 4) is 11.5 Å². The second kappa shape index (κ2) is 7.91. The Hall–Kier alpha value is -2.20. The van der Waals surface area contributed by atoms with Gasteiger partial charge >= 0.3 is 6.18 Å². The van der Waals surface area contributed by atoms with Gasteiger partial charge in [0.05, 0.1) is 11.2 Å². The molecule has 0 radical (unpaired) electrons. The van der Waals surface area contributed by atoms with Gasteiger partial charge in [0.25, 0.3) is 5.89 Å². The highest BCUT2D eigenvalue weighted by atomic mass is 79.9. The number of fused-ring (bicyclic) bond motifs is 1. The molecule has 0 bridgehead atoms. The average molecular weight is 472 g/mol. The molecule has 0 N–H and O–H groups in total. The van der Waals surface area contributed by atoms with Crippen molar-refractivity contribution in [3.63, 3.8) is 0 Å². The van der Waals surface area contributed by atoms with E-state index in [0.717, 1.165) is 17.4 Å². The van der Waals surface area contributed by atoms with Gasteiger partial charge in [-0.15, -0.1) is 0 Å². The third-order valence-electron chi connectivity index (χ3n) is 4.94. The van der Waals surface area contributed by atoms with Gasteiger partial charge in [0.1, 0.15) is 6.54 Å². The second-order valence-electron chi connectivity index (χ2n) is 7.01. The fourth-order valence-electron chi connectivity index (χ4n) is 3.52. The zero-order valence-electron chi connectivity index (χ0n) is 15.2. The molecular formula is C19H17BrF3N3O3. The van der Waals surface area contributed by atoms with Gasteiger partial charge in [-0.2, -0.15) is 18.2 Å². The molecule has 1 aliphatic rings. The maximum absolute atomic E-state index is 13.2. The Bertz CT molecular complexity index is 1040. The van der Waals surface area contributed by atoms with Gasteiger partial charge in [-0.05, 0) is 37.0 Å². The lowest BCUT2D eigenvalue weighted by Crippen LogP contribution is -2.19. The number of ketones is 1. The van der Waals surface area contributed by atoms with Crippen LogP contribution in [0.1, 0.15) is 29.9 Å². The van der Waals surface area contributed by atoms with Crippen LogP contribution in [-0.2, 0) is 11.3 Å². The molecule has 0 saturated carbocycles. The minimum atomic E-state index is -4.44. The summed E-state index contributed by atoms with van der Waals surface area (Å²) in [5, 5.41) is 4.37. The van der Waals surface area contributed by atoms with Gasteiger partial charge in [0.2, 0.25) is 11.6 Å². The number of carbonyl (C=O) groups excluding carboxylic acids is 1. The monoisotopic (exact) mass is 471 g/mol. The van der Waals surface area contributed by atoms with Crippen molar-refractivity contribution in [2.45, 2.75) is 32.0 Å². The number of Topliss-reactive ketones (excluding diaryl/α,β-unsaturated/α-hetero) is 1. The largest absolute Gasteiger partial charge is 0.406 e. The molecule has 1 saturated heterocycles. The quantitative estimate of drug-likeness (QED) is 0.488. The summed E-state index contributed by atoms with van der Waals surface area (Å²) in [6.07, 6.45) is -2.63. The molecular weight excluding hydrogens is 455 g/mol. The van der Waals surface area contributed by atoms with Crippen molar-refractivity contribution in [2.75, 3.05) is 13.2 Å². The summed E-state index contributed by atoms with van der Waals surface area (Å²) < 4.78 is 51.6. The highest BCUT2D eigenvalue weighted by molar-refractivity contribution is 9.10. The summed E-state index contributed by atoms with van der Waals surface area (Å²) in [6, 6.07) is 6.54. The van der Waals surface area contributed by atoms with Crippen molar-refractivity contribution in [2.24, 2.45) is 5.92 Å². The van der Waals surface area contributed by atoms with E-state index in [1.807, 2.05) is 0 Å². The molecule has 0 atom stereocenters.